The van der Waals surface area contributed by atoms with Crippen LogP contribution in [0.2, 0.25) is 0 Å². The summed E-state index contributed by atoms with van der Waals surface area (Å²) in [5.41, 5.74) is 6.61. The van der Waals surface area contributed by atoms with E-state index in [1.165, 1.54) is 7.11 Å². The van der Waals surface area contributed by atoms with Crippen LogP contribution in [0.3, 0.4) is 0 Å². The maximum absolute atomic E-state index is 11.8. The van der Waals surface area contributed by atoms with E-state index in [4.69, 9.17) is 10.5 Å². The molecule has 5 heteroatoms. The summed E-state index contributed by atoms with van der Waals surface area (Å²) in [6.07, 6.45) is 0. The number of ether oxygens (including phenoxy) is 1. The quantitative estimate of drug-likeness (QED) is 0.784. The average molecular weight is 257 g/mol. The van der Waals surface area contributed by atoms with E-state index in [1.807, 2.05) is 30.3 Å². The predicted octanol–water partition coefficient (Wildman–Crippen LogP) is 0.790. The monoisotopic (exact) mass is 257 g/mol. The third kappa shape index (κ3) is 4.85. The first-order chi connectivity index (χ1) is 8.09. The maximum atomic E-state index is 11.8. The zero-order valence-electron chi connectivity index (χ0n) is 10.0. The highest BCUT2D eigenvalue weighted by Gasteiger charge is 2.19. The van der Waals surface area contributed by atoms with E-state index >= 15 is 0 Å². The van der Waals surface area contributed by atoms with E-state index in [0.717, 1.165) is 5.56 Å². The highest BCUT2D eigenvalue weighted by Crippen LogP contribution is 2.16. The van der Waals surface area contributed by atoms with Gasteiger partial charge in [0.25, 0.3) is 0 Å². The summed E-state index contributed by atoms with van der Waals surface area (Å²) in [6, 6.07) is 9.49. The molecule has 0 saturated carbocycles. The van der Waals surface area contributed by atoms with Crippen molar-refractivity contribution in [1.82, 2.24) is 0 Å². The Morgan fingerprint density at radius 3 is 2.47 bits per heavy atom. The van der Waals surface area contributed by atoms with Crippen LogP contribution < -0.4 is 5.73 Å². The maximum Gasteiger partial charge on any atom is 0.153 e. The second-order valence-electron chi connectivity index (χ2n) is 3.95. The Labute approximate surface area is 103 Å². The van der Waals surface area contributed by atoms with Gasteiger partial charge >= 0.3 is 0 Å². The van der Waals surface area contributed by atoms with Gasteiger partial charge in [-0.25, -0.2) is 8.42 Å². The number of methoxy groups -OCH3 is 1. The normalized spacial score (nSPS) is 13.5. The van der Waals surface area contributed by atoms with E-state index in [0.29, 0.717) is 6.54 Å². The summed E-state index contributed by atoms with van der Waals surface area (Å²) in [6.45, 7) is 0.560. The van der Waals surface area contributed by atoms with Crippen LogP contribution in [0.15, 0.2) is 30.3 Å². The Kier molecular flexibility index (Phi) is 5.61. The summed E-state index contributed by atoms with van der Waals surface area (Å²) >= 11 is 0. The molecule has 0 amide bonds. The lowest BCUT2D eigenvalue weighted by Gasteiger charge is -2.15. The highest BCUT2D eigenvalue weighted by atomic mass is 32.2. The van der Waals surface area contributed by atoms with E-state index in [2.05, 4.69) is 0 Å². The third-order valence-corrected chi connectivity index (χ3v) is 4.31. The second kappa shape index (κ2) is 6.74. The van der Waals surface area contributed by atoms with E-state index in [1.54, 1.807) is 0 Å². The third-order valence-electron chi connectivity index (χ3n) is 2.61. The van der Waals surface area contributed by atoms with Gasteiger partial charge in [-0.15, -0.1) is 0 Å². The van der Waals surface area contributed by atoms with Crippen LogP contribution in [0.5, 0.6) is 0 Å². The number of hydrogen-bond acceptors (Lipinski definition) is 4. The number of nitrogens with two attached hydrogens (primary N) is 1. The summed E-state index contributed by atoms with van der Waals surface area (Å²) in [4.78, 5) is 0. The fourth-order valence-corrected chi connectivity index (χ4v) is 3.15. The van der Waals surface area contributed by atoms with Crippen molar-refractivity contribution in [2.75, 3.05) is 31.8 Å². The zero-order chi connectivity index (χ0) is 12.7. The van der Waals surface area contributed by atoms with Crippen molar-refractivity contribution in [2.24, 2.45) is 5.73 Å². The second-order valence-corrected chi connectivity index (χ2v) is 6.18. The van der Waals surface area contributed by atoms with Crippen LogP contribution in [-0.2, 0) is 14.6 Å². The summed E-state index contributed by atoms with van der Waals surface area (Å²) in [5, 5.41) is 0. The lowest BCUT2D eigenvalue weighted by atomic mass is 10.0. The van der Waals surface area contributed by atoms with Crippen molar-refractivity contribution in [2.45, 2.75) is 5.92 Å². The van der Waals surface area contributed by atoms with Gasteiger partial charge in [0, 0.05) is 19.6 Å². The lowest BCUT2D eigenvalue weighted by Crippen LogP contribution is -2.25. The van der Waals surface area contributed by atoms with Crippen molar-refractivity contribution in [1.29, 1.82) is 0 Å². The van der Waals surface area contributed by atoms with Crippen LogP contribution in [0.25, 0.3) is 0 Å². The number of hydrogen-bond donors (Lipinski definition) is 1. The molecule has 1 aromatic carbocycles. The zero-order valence-corrected chi connectivity index (χ0v) is 10.8. The van der Waals surface area contributed by atoms with E-state index in [9.17, 15) is 8.42 Å². The van der Waals surface area contributed by atoms with Gasteiger partial charge in [-0.2, -0.15) is 0 Å². The van der Waals surface area contributed by atoms with Gasteiger partial charge in [0.2, 0.25) is 0 Å². The van der Waals surface area contributed by atoms with E-state index < -0.39 is 9.84 Å². The standard InChI is InChI=1S/C12H19NO3S/c1-16-7-8-17(14,15)10-12(9-13)11-5-3-2-4-6-11/h2-6,12H,7-10,13H2,1H3. The topological polar surface area (TPSA) is 69.4 Å². The Morgan fingerprint density at radius 2 is 1.94 bits per heavy atom. The SMILES string of the molecule is COCCS(=O)(=O)CC(CN)c1ccccc1. The van der Waals surface area contributed by atoms with Crippen LogP contribution >= 0.6 is 0 Å². The van der Waals surface area contributed by atoms with Crippen LogP contribution in [0.1, 0.15) is 11.5 Å². The van der Waals surface area contributed by atoms with Gasteiger partial charge < -0.3 is 10.5 Å². The number of benzene rings is 1. The molecule has 0 spiro atoms. The van der Waals surface area contributed by atoms with Crippen molar-refractivity contribution in [3.63, 3.8) is 0 Å². The lowest BCUT2D eigenvalue weighted by molar-refractivity contribution is 0.217. The van der Waals surface area contributed by atoms with Gasteiger partial charge in [-0.3, -0.25) is 0 Å². The van der Waals surface area contributed by atoms with Gasteiger partial charge in [-0.1, -0.05) is 30.3 Å². The molecule has 1 aromatic rings. The molecule has 0 aliphatic heterocycles. The Balaban J connectivity index is 2.71. The molecule has 0 saturated heterocycles. The molecular weight excluding hydrogens is 238 g/mol. The average Bonchev–Trinajstić information content (AvgIpc) is 2.35. The molecule has 0 fully saturated rings. The Bertz CT molecular complexity index is 417. The van der Waals surface area contributed by atoms with Crippen LogP contribution in [0.4, 0.5) is 0 Å². The van der Waals surface area contributed by atoms with Gasteiger partial charge in [0.1, 0.15) is 0 Å². The van der Waals surface area contributed by atoms with Crippen molar-refractivity contribution in [3.8, 4) is 0 Å². The summed E-state index contributed by atoms with van der Waals surface area (Å²) < 4.78 is 28.4. The minimum absolute atomic E-state index is 0.0484. The van der Waals surface area contributed by atoms with Crippen molar-refractivity contribution in [3.05, 3.63) is 35.9 Å². The molecule has 1 atom stereocenters. The molecule has 0 aliphatic carbocycles. The minimum atomic E-state index is -3.11. The summed E-state index contributed by atoms with van der Waals surface area (Å²) in [7, 11) is -1.62. The first-order valence-corrected chi connectivity index (χ1v) is 7.35. The first-order valence-electron chi connectivity index (χ1n) is 5.53. The fraction of sp³-hybridized carbons (Fsp3) is 0.500. The molecular formula is C12H19NO3S. The number of sulfone groups is 1. The fourth-order valence-electron chi connectivity index (χ4n) is 1.63. The molecule has 1 unspecified atom stereocenters. The highest BCUT2D eigenvalue weighted by molar-refractivity contribution is 7.91. The molecule has 0 radical (unpaired) electrons. The van der Waals surface area contributed by atoms with E-state index in [-0.39, 0.29) is 24.0 Å². The van der Waals surface area contributed by atoms with Crippen LogP contribution in [0, 0.1) is 0 Å². The van der Waals surface area contributed by atoms with Crippen LogP contribution in [-0.4, -0.2) is 40.2 Å². The molecule has 17 heavy (non-hydrogen) atoms. The van der Waals surface area contributed by atoms with Gasteiger partial charge in [0.05, 0.1) is 18.1 Å². The molecule has 4 nitrogen and oxygen atoms in total. The minimum Gasteiger partial charge on any atom is -0.384 e. The van der Waals surface area contributed by atoms with Crippen molar-refractivity contribution < 1.29 is 13.2 Å². The van der Waals surface area contributed by atoms with Gasteiger partial charge in [-0.05, 0) is 5.56 Å². The Hall–Kier alpha value is -0.910. The smallest absolute Gasteiger partial charge is 0.153 e. The molecule has 0 aliphatic rings. The molecule has 2 N–H and O–H groups in total. The summed E-state index contributed by atoms with van der Waals surface area (Å²) in [5.74, 6) is -0.0120. The molecule has 1 rings (SSSR count). The predicted molar refractivity (Wildman–Crippen MR) is 68.8 cm³/mol. The molecule has 0 bridgehead atoms. The van der Waals surface area contributed by atoms with Crippen molar-refractivity contribution >= 4 is 9.84 Å². The molecule has 0 aromatic heterocycles. The number of rotatable bonds is 7. The largest absolute Gasteiger partial charge is 0.384 e. The first kappa shape index (κ1) is 14.2. The molecule has 96 valence electrons. The van der Waals surface area contributed by atoms with Gasteiger partial charge in [0.15, 0.2) is 9.84 Å². The molecule has 0 heterocycles. The Morgan fingerprint density at radius 1 is 1.29 bits per heavy atom.